The van der Waals surface area contributed by atoms with Gasteiger partial charge in [0.15, 0.2) is 5.52 Å². The summed E-state index contributed by atoms with van der Waals surface area (Å²) < 4.78 is 4.53. The molecule has 0 spiro atoms. The Balaban J connectivity index is 2.36. The smallest absolute Gasteiger partial charge is 0.300 e. The SMILES string of the molecule is NCCCNc1ccc([N+](=O)[O-])c2nonc12. The number of anilines is 1. The van der Waals surface area contributed by atoms with E-state index in [4.69, 9.17) is 5.73 Å². The van der Waals surface area contributed by atoms with E-state index >= 15 is 0 Å². The van der Waals surface area contributed by atoms with Crippen molar-refractivity contribution >= 4 is 22.4 Å². The van der Waals surface area contributed by atoms with E-state index in [1.807, 2.05) is 0 Å². The first-order valence-electron chi connectivity index (χ1n) is 5.07. The molecule has 0 aliphatic heterocycles. The number of benzene rings is 1. The van der Waals surface area contributed by atoms with Crippen molar-refractivity contribution in [3.05, 3.63) is 22.2 Å². The van der Waals surface area contributed by atoms with Crippen LogP contribution in [0.2, 0.25) is 0 Å². The second-order valence-corrected chi connectivity index (χ2v) is 3.42. The van der Waals surface area contributed by atoms with Gasteiger partial charge < -0.3 is 11.1 Å². The monoisotopic (exact) mass is 237 g/mol. The summed E-state index contributed by atoms with van der Waals surface area (Å²) in [5.74, 6) is 0. The number of hydrogen-bond donors (Lipinski definition) is 2. The average molecular weight is 237 g/mol. The third-order valence-corrected chi connectivity index (χ3v) is 2.29. The molecule has 0 fully saturated rings. The molecule has 0 bridgehead atoms. The van der Waals surface area contributed by atoms with Crippen LogP contribution in [0.1, 0.15) is 6.42 Å². The van der Waals surface area contributed by atoms with E-state index < -0.39 is 4.92 Å². The number of nitrogens with zero attached hydrogens (tertiary/aromatic N) is 3. The molecule has 0 unspecified atom stereocenters. The number of rotatable bonds is 5. The van der Waals surface area contributed by atoms with Crippen molar-refractivity contribution in [2.75, 3.05) is 18.4 Å². The first kappa shape index (κ1) is 11.3. The third kappa shape index (κ3) is 2.16. The minimum Gasteiger partial charge on any atom is -0.383 e. The molecule has 3 N–H and O–H groups in total. The van der Waals surface area contributed by atoms with E-state index in [0.717, 1.165) is 6.42 Å². The van der Waals surface area contributed by atoms with Crippen LogP contribution in [0.5, 0.6) is 0 Å². The molecule has 0 aliphatic rings. The number of nitro groups is 1. The second-order valence-electron chi connectivity index (χ2n) is 3.42. The first-order chi connectivity index (χ1) is 8.24. The number of nitro benzene ring substituents is 1. The molecule has 8 heteroatoms. The molecule has 8 nitrogen and oxygen atoms in total. The normalized spacial score (nSPS) is 10.6. The summed E-state index contributed by atoms with van der Waals surface area (Å²) in [7, 11) is 0. The van der Waals surface area contributed by atoms with Crippen molar-refractivity contribution in [2.24, 2.45) is 5.73 Å². The molecule has 17 heavy (non-hydrogen) atoms. The van der Waals surface area contributed by atoms with Gasteiger partial charge in [0, 0.05) is 12.6 Å². The fourth-order valence-electron chi connectivity index (χ4n) is 1.47. The van der Waals surface area contributed by atoms with E-state index in [1.54, 1.807) is 6.07 Å². The van der Waals surface area contributed by atoms with Crippen molar-refractivity contribution in [3.8, 4) is 0 Å². The molecule has 2 aromatic rings. The van der Waals surface area contributed by atoms with Gasteiger partial charge in [-0.3, -0.25) is 10.1 Å². The Morgan fingerprint density at radius 1 is 1.41 bits per heavy atom. The summed E-state index contributed by atoms with van der Waals surface area (Å²) in [6.45, 7) is 1.23. The standard InChI is InChI=1S/C9H11N5O3/c10-4-1-5-11-6-2-3-7(14(15)16)9-8(6)12-17-13-9/h2-3,11H,1,4-5,10H2. The van der Waals surface area contributed by atoms with Crippen LogP contribution in [0.3, 0.4) is 0 Å². The lowest BCUT2D eigenvalue weighted by atomic mass is 10.2. The van der Waals surface area contributed by atoms with Crippen molar-refractivity contribution < 1.29 is 9.55 Å². The first-order valence-corrected chi connectivity index (χ1v) is 5.07. The van der Waals surface area contributed by atoms with Crippen LogP contribution in [0.4, 0.5) is 11.4 Å². The molecular formula is C9H11N5O3. The van der Waals surface area contributed by atoms with Crippen LogP contribution in [0, 0.1) is 10.1 Å². The van der Waals surface area contributed by atoms with Gasteiger partial charge >= 0.3 is 5.69 Å². The van der Waals surface area contributed by atoms with E-state index in [0.29, 0.717) is 24.3 Å². The van der Waals surface area contributed by atoms with Crippen LogP contribution < -0.4 is 11.1 Å². The lowest BCUT2D eigenvalue weighted by Crippen LogP contribution is -2.08. The summed E-state index contributed by atoms with van der Waals surface area (Å²) >= 11 is 0. The molecule has 1 aromatic carbocycles. The summed E-state index contributed by atoms with van der Waals surface area (Å²) in [5.41, 5.74) is 6.41. The lowest BCUT2D eigenvalue weighted by Gasteiger charge is -2.04. The maximum atomic E-state index is 10.7. The van der Waals surface area contributed by atoms with E-state index in [-0.39, 0.29) is 11.2 Å². The Bertz CT molecular complexity index is 538. The quantitative estimate of drug-likeness (QED) is 0.450. The third-order valence-electron chi connectivity index (χ3n) is 2.29. The van der Waals surface area contributed by atoms with Gasteiger partial charge in [0.25, 0.3) is 0 Å². The molecule has 0 radical (unpaired) electrons. The molecule has 0 aliphatic carbocycles. The molecule has 90 valence electrons. The topological polar surface area (TPSA) is 120 Å². The van der Waals surface area contributed by atoms with Gasteiger partial charge in [-0.05, 0) is 29.3 Å². The van der Waals surface area contributed by atoms with Crippen molar-refractivity contribution in [1.82, 2.24) is 10.3 Å². The van der Waals surface area contributed by atoms with Crippen LogP contribution in [0.25, 0.3) is 11.0 Å². The fraction of sp³-hybridized carbons (Fsp3) is 0.333. The Labute approximate surface area is 95.9 Å². The highest BCUT2D eigenvalue weighted by Gasteiger charge is 2.19. The molecule has 1 heterocycles. The predicted molar refractivity (Wildman–Crippen MR) is 60.6 cm³/mol. The highest BCUT2D eigenvalue weighted by molar-refractivity contribution is 5.93. The van der Waals surface area contributed by atoms with Crippen LogP contribution in [-0.2, 0) is 0 Å². The average Bonchev–Trinajstić information content (AvgIpc) is 2.78. The van der Waals surface area contributed by atoms with Crippen molar-refractivity contribution in [1.29, 1.82) is 0 Å². The Hall–Kier alpha value is -2.22. The van der Waals surface area contributed by atoms with E-state index in [9.17, 15) is 10.1 Å². The van der Waals surface area contributed by atoms with Crippen LogP contribution in [0.15, 0.2) is 16.8 Å². The van der Waals surface area contributed by atoms with E-state index in [2.05, 4.69) is 20.3 Å². The van der Waals surface area contributed by atoms with Crippen molar-refractivity contribution in [2.45, 2.75) is 6.42 Å². The molecule has 2 rings (SSSR count). The van der Waals surface area contributed by atoms with Gasteiger partial charge in [-0.15, -0.1) is 0 Å². The zero-order valence-corrected chi connectivity index (χ0v) is 8.92. The van der Waals surface area contributed by atoms with Crippen LogP contribution >= 0.6 is 0 Å². The number of hydrogen-bond acceptors (Lipinski definition) is 7. The Kier molecular flexibility index (Phi) is 3.15. The predicted octanol–water partition coefficient (Wildman–Crippen LogP) is 0.892. The summed E-state index contributed by atoms with van der Waals surface area (Å²) in [4.78, 5) is 10.2. The summed E-state index contributed by atoms with van der Waals surface area (Å²) in [6, 6.07) is 2.96. The van der Waals surface area contributed by atoms with Gasteiger partial charge in [0.2, 0.25) is 5.52 Å². The van der Waals surface area contributed by atoms with E-state index in [1.165, 1.54) is 6.07 Å². The number of nitrogens with one attached hydrogen (secondary N) is 1. The number of non-ortho nitro benzene ring substituents is 1. The maximum absolute atomic E-state index is 10.7. The van der Waals surface area contributed by atoms with Gasteiger partial charge in [0.05, 0.1) is 10.6 Å². The Morgan fingerprint density at radius 2 is 2.18 bits per heavy atom. The van der Waals surface area contributed by atoms with Crippen LogP contribution in [-0.4, -0.2) is 28.3 Å². The second kappa shape index (κ2) is 4.74. The molecule has 1 aromatic heterocycles. The molecule has 0 saturated carbocycles. The number of fused-ring (bicyclic) bond motifs is 1. The van der Waals surface area contributed by atoms with Gasteiger partial charge in [-0.25, -0.2) is 4.63 Å². The summed E-state index contributed by atoms with van der Waals surface area (Å²) in [6.07, 6.45) is 0.795. The highest BCUT2D eigenvalue weighted by atomic mass is 16.6. The zero-order valence-electron chi connectivity index (χ0n) is 8.92. The minimum absolute atomic E-state index is 0.120. The molecular weight excluding hydrogens is 226 g/mol. The lowest BCUT2D eigenvalue weighted by molar-refractivity contribution is -0.383. The number of nitrogens with two attached hydrogens (primary N) is 1. The zero-order chi connectivity index (χ0) is 12.3. The highest BCUT2D eigenvalue weighted by Crippen LogP contribution is 2.28. The molecule has 0 saturated heterocycles. The Morgan fingerprint density at radius 3 is 2.88 bits per heavy atom. The molecule has 0 amide bonds. The largest absolute Gasteiger partial charge is 0.383 e. The number of aromatic nitrogens is 2. The molecule has 0 atom stereocenters. The fourth-order valence-corrected chi connectivity index (χ4v) is 1.47. The summed E-state index contributed by atoms with van der Waals surface area (Å²) in [5, 5.41) is 21.0. The minimum atomic E-state index is -0.518. The van der Waals surface area contributed by atoms with Gasteiger partial charge in [-0.1, -0.05) is 0 Å². The van der Waals surface area contributed by atoms with Gasteiger partial charge in [0.1, 0.15) is 0 Å². The maximum Gasteiger partial charge on any atom is 0.300 e. The van der Waals surface area contributed by atoms with Gasteiger partial charge in [-0.2, -0.15) is 0 Å². The van der Waals surface area contributed by atoms with Crippen molar-refractivity contribution in [3.63, 3.8) is 0 Å².